The topological polar surface area (TPSA) is 64.1 Å². The molecule has 112 valence electrons. The molecule has 0 aliphatic heterocycles. The number of ether oxygens (including phenoxy) is 1. The van der Waals surface area contributed by atoms with Crippen molar-refractivity contribution in [3.8, 4) is 5.75 Å². The van der Waals surface area contributed by atoms with Gasteiger partial charge >= 0.3 is 0 Å². The molecule has 0 saturated heterocycles. The average molecular weight is 305 g/mol. The van der Waals surface area contributed by atoms with Gasteiger partial charge in [0.2, 0.25) is 5.91 Å². The van der Waals surface area contributed by atoms with Gasteiger partial charge in [-0.05, 0) is 19.1 Å². The first-order valence-electron chi connectivity index (χ1n) is 6.93. The van der Waals surface area contributed by atoms with E-state index in [1.54, 1.807) is 17.5 Å². The third kappa shape index (κ3) is 5.15. The summed E-state index contributed by atoms with van der Waals surface area (Å²) in [4.78, 5) is 19.8. The highest BCUT2D eigenvalue weighted by molar-refractivity contribution is 7.09. The lowest BCUT2D eigenvalue weighted by atomic mass is 10.3. The molecule has 0 saturated carbocycles. The number of nitrogens with zero attached hydrogens (tertiary/aromatic N) is 2. The summed E-state index contributed by atoms with van der Waals surface area (Å²) in [5, 5.41) is 5.77. The molecule has 1 amide bonds. The van der Waals surface area contributed by atoms with Crippen LogP contribution in [0.15, 0.2) is 23.7 Å². The number of nitrogens with one attached hydrogen (secondary N) is 1. The van der Waals surface area contributed by atoms with Crippen molar-refractivity contribution >= 4 is 17.2 Å². The Morgan fingerprint density at radius 2 is 2.29 bits per heavy atom. The zero-order chi connectivity index (χ0) is 15.1. The minimum atomic E-state index is 0.0701. The monoisotopic (exact) mass is 305 g/mol. The van der Waals surface area contributed by atoms with E-state index in [0.717, 1.165) is 28.6 Å². The van der Waals surface area contributed by atoms with Gasteiger partial charge in [0.15, 0.2) is 0 Å². The van der Waals surface area contributed by atoms with E-state index in [2.05, 4.69) is 15.3 Å². The number of amides is 1. The van der Waals surface area contributed by atoms with Gasteiger partial charge in [0, 0.05) is 30.5 Å². The average Bonchev–Trinajstić information content (AvgIpc) is 2.94. The minimum absolute atomic E-state index is 0.0701. The van der Waals surface area contributed by atoms with Gasteiger partial charge in [-0.2, -0.15) is 0 Å². The molecule has 2 aromatic rings. The van der Waals surface area contributed by atoms with Crippen LogP contribution in [0.2, 0.25) is 0 Å². The Kier molecular flexibility index (Phi) is 5.68. The summed E-state index contributed by atoms with van der Waals surface area (Å²) in [5.41, 5.74) is 1.95. The number of thiazole rings is 1. The molecule has 0 bridgehead atoms. The Morgan fingerprint density at radius 1 is 1.43 bits per heavy atom. The Bertz CT molecular complexity index is 581. The lowest BCUT2D eigenvalue weighted by Gasteiger charge is -2.03. The Morgan fingerprint density at radius 3 is 3.00 bits per heavy atom. The van der Waals surface area contributed by atoms with Crippen LogP contribution in [0.1, 0.15) is 29.7 Å². The fraction of sp³-hybridized carbons (Fsp3) is 0.400. The summed E-state index contributed by atoms with van der Waals surface area (Å²) in [6.07, 6.45) is 2.97. The molecule has 5 nitrogen and oxygen atoms in total. The van der Waals surface area contributed by atoms with Crippen LogP contribution in [0.5, 0.6) is 5.75 Å². The van der Waals surface area contributed by atoms with E-state index in [9.17, 15) is 4.79 Å². The third-order valence-electron chi connectivity index (χ3n) is 2.87. The molecule has 0 unspecified atom stereocenters. The zero-order valence-electron chi connectivity index (χ0n) is 12.3. The number of hydrogen-bond acceptors (Lipinski definition) is 5. The van der Waals surface area contributed by atoms with E-state index in [1.165, 1.54) is 0 Å². The Labute approximate surface area is 128 Å². The number of aromatic nitrogens is 2. The zero-order valence-corrected chi connectivity index (χ0v) is 13.1. The molecule has 2 heterocycles. The van der Waals surface area contributed by atoms with Crippen molar-refractivity contribution < 1.29 is 9.53 Å². The van der Waals surface area contributed by atoms with E-state index in [4.69, 9.17) is 4.74 Å². The normalized spacial score (nSPS) is 10.4. The largest absolute Gasteiger partial charge is 0.485 e. The van der Waals surface area contributed by atoms with Crippen LogP contribution in [0.25, 0.3) is 0 Å². The molecule has 0 spiro atoms. The highest BCUT2D eigenvalue weighted by atomic mass is 32.1. The van der Waals surface area contributed by atoms with E-state index in [1.807, 2.05) is 31.4 Å². The molecule has 0 aromatic carbocycles. The fourth-order valence-corrected chi connectivity index (χ4v) is 2.41. The minimum Gasteiger partial charge on any atom is -0.485 e. The van der Waals surface area contributed by atoms with Crippen LogP contribution in [-0.2, 0) is 17.8 Å². The summed E-state index contributed by atoms with van der Waals surface area (Å²) in [5.74, 6) is 0.813. The number of carbonyl (C=O) groups is 1. The molecule has 2 rings (SSSR count). The second-order valence-electron chi connectivity index (χ2n) is 4.61. The molecule has 0 fully saturated rings. The molecule has 2 aromatic heterocycles. The van der Waals surface area contributed by atoms with Crippen LogP contribution < -0.4 is 10.1 Å². The summed E-state index contributed by atoms with van der Waals surface area (Å²) < 4.78 is 5.64. The standard InChI is InChI=1S/C15H19N3O2S/c1-3-14(19)16-7-6-12-10-21-15(18-12)9-20-13-5-4-11(2)17-8-13/h4-5,8,10H,3,6-7,9H2,1-2H3,(H,16,19). The van der Waals surface area contributed by atoms with Crippen molar-refractivity contribution in [2.24, 2.45) is 0 Å². The van der Waals surface area contributed by atoms with Crippen LogP contribution >= 0.6 is 11.3 Å². The molecule has 1 N–H and O–H groups in total. The SMILES string of the molecule is CCC(=O)NCCc1csc(COc2ccc(C)nc2)n1. The number of carbonyl (C=O) groups excluding carboxylic acids is 1. The van der Waals surface area contributed by atoms with Crippen LogP contribution in [0.3, 0.4) is 0 Å². The first-order valence-corrected chi connectivity index (χ1v) is 7.80. The van der Waals surface area contributed by atoms with Gasteiger partial charge in [-0.15, -0.1) is 11.3 Å². The van der Waals surface area contributed by atoms with E-state index >= 15 is 0 Å². The molecule has 21 heavy (non-hydrogen) atoms. The maximum Gasteiger partial charge on any atom is 0.219 e. The molecule has 0 aliphatic carbocycles. The summed E-state index contributed by atoms with van der Waals surface area (Å²) in [7, 11) is 0. The van der Waals surface area contributed by atoms with Crippen molar-refractivity contribution in [2.75, 3.05) is 6.54 Å². The first-order chi connectivity index (χ1) is 10.2. The van der Waals surface area contributed by atoms with Crippen molar-refractivity contribution in [3.63, 3.8) is 0 Å². The van der Waals surface area contributed by atoms with Gasteiger partial charge in [0.05, 0.1) is 11.9 Å². The maximum atomic E-state index is 11.1. The summed E-state index contributed by atoms with van der Waals surface area (Å²) in [6.45, 7) is 4.84. The van der Waals surface area contributed by atoms with Crippen molar-refractivity contribution in [1.29, 1.82) is 0 Å². The summed E-state index contributed by atoms with van der Waals surface area (Å²) in [6, 6.07) is 3.82. The number of aryl methyl sites for hydroxylation is 1. The number of rotatable bonds is 7. The predicted octanol–water partition coefficient (Wildman–Crippen LogP) is 2.49. The number of pyridine rings is 1. The van der Waals surface area contributed by atoms with Gasteiger partial charge < -0.3 is 10.1 Å². The van der Waals surface area contributed by atoms with Gasteiger partial charge in [0.1, 0.15) is 17.4 Å². The smallest absolute Gasteiger partial charge is 0.219 e. The third-order valence-corrected chi connectivity index (χ3v) is 3.74. The second-order valence-corrected chi connectivity index (χ2v) is 5.55. The maximum absolute atomic E-state index is 11.1. The predicted molar refractivity (Wildman–Crippen MR) is 82.4 cm³/mol. The molecule has 6 heteroatoms. The summed E-state index contributed by atoms with van der Waals surface area (Å²) >= 11 is 1.57. The van der Waals surface area contributed by atoms with E-state index < -0.39 is 0 Å². The molecule has 0 radical (unpaired) electrons. The molecule has 0 atom stereocenters. The molecular weight excluding hydrogens is 286 g/mol. The highest BCUT2D eigenvalue weighted by Gasteiger charge is 2.04. The van der Waals surface area contributed by atoms with Crippen molar-refractivity contribution in [2.45, 2.75) is 33.3 Å². The fourth-order valence-electron chi connectivity index (χ4n) is 1.67. The molecular formula is C15H19N3O2S. The lowest BCUT2D eigenvalue weighted by Crippen LogP contribution is -2.24. The second kappa shape index (κ2) is 7.73. The highest BCUT2D eigenvalue weighted by Crippen LogP contribution is 2.15. The van der Waals surface area contributed by atoms with Gasteiger partial charge in [0.25, 0.3) is 0 Å². The quantitative estimate of drug-likeness (QED) is 0.853. The van der Waals surface area contributed by atoms with Crippen LogP contribution in [0.4, 0.5) is 0 Å². The van der Waals surface area contributed by atoms with Crippen LogP contribution in [0, 0.1) is 6.92 Å². The van der Waals surface area contributed by atoms with Crippen LogP contribution in [-0.4, -0.2) is 22.4 Å². The number of hydrogen-bond donors (Lipinski definition) is 1. The molecule has 0 aliphatic rings. The van der Waals surface area contributed by atoms with Crippen molar-refractivity contribution in [1.82, 2.24) is 15.3 Å². The van der Waals surface area contributed by atoms with Crippen molar-refractivity contribution in [3.05, 3.63) is 40.1 Å². The lowest BCUT2D eigenvalue weighted by molar-refractivity contribution is -0.120. The first kappa shape index (κ1) is 15.4. The Balaban J connectivity index is 1.77. The van der Waals surface area contributed by atoms with Gasteiger partial charge in [-0.25, -0.2) is 4.98 Å². The van der Waals surface area contributed by atoms with Gasteiger partial charge in [-0.3, -0.25) is 9.78 Å². The Hall–Kier alpha value is -1.95. The van der Waals surface area contributed by atoms with E-state index in [0.29, 0.717) is 19.6 Å². The van der Waals surface area contributed by atoms with E-state index in [-0.39, 0.29) is 5.91 Å². The van der Waals surface area contributed by atoms with Gasteiger partial charge in [-0.1, -0.05) is 6.92 Å².